The van der Waals surface area contributed by atoms with Crippen LogP contribution in [0.2, 0.25) is 0 Å². The molecule has 0 aliphatic carbocycles. The van der Waals surface area contributed by atoms with Crippen LogP contribution in [0.25, 0.3) is 11.3 Å². The molecule has 126 valence electrons. The van der Waals surface area contributed by atoms with Gasteiger partial charge in [-0.2, -0.15) is 0 Å². The summed E-state index contributed by atoms with van der Waals surface area (Å²) in [6, 6.07) is 18.6. The molecule has 0 saturated heterocycles. The first-order valence-electron chi connectivity index (χ1n) is 8.13. The van der Waals surface area contributed by atoms with E-state index in [4.69, 9.17) is 0 Å². The Kier molecular flexibility index (Phi) is 5.36. The third-order valence-corrected chi connectivity index (χ3v) is 3.79. The Morgan fingerprint density at radius 2 is 1.76 bits per heavy atom. The summed E-state index contributed by atoms with van der Waals surface area (Å²) in [6.45, 7) is 0.449. The summed E-state index contributed by atoms with van der Waals surface area (Å²) in [4.78, 5) is 20.8. The van der Waals surface area contributed by atoms with Gasteiger partial charge in [0.2, 0.25) is 5.91 Å². The Balaban J connectivity index is 1.54. The minimum absolute atomic E-state index is 0.136. The molecule has 1 amide bonds. The molecule has 0 aliphatic heterocycles. The molecule has 1 aromatic heterocycles. The maximum Gasteiger partial charge on any atom is 0.224 e. The monoisotopic (exact) mass is 333 g/mol. The first-order chi connectivity index (χ1) is 12.2. The first-order valence-corrected chi connectivity index (χ1v) is 8.13. The summed E-state index contributed by atoms with van der Waals surface area (Å²) in [7, 11) is 0. The molecule has 5 heteroatoms. The number of para-hydroxylation sites is 1. The summed E-state index contributed by atoms with van der Waals surface area (Å²) < 4.78 is 0. The Labute approximate surface area is 146 Å². The number of phenolic OH excluding ortho intramolecular Hbond substituents is 1. The highest BCUT2D eigenvalue weighted by Crippen LogP contribution is 2.16. The van der Waals surface area contributed by atoms with Gasteiger partial charge in [-0.3, -0.25) is 4.79 Å². The van der Waals surface area contributed by atoms with Gasteiger partial charge in [0.15, 0.2) is 0 Å². The molecule has 3 rings (SSSR count). The lowest BCUT2D eigenvalue weighted by molar-refractivity contribution is -0.120. The lowest BCUT2D eigenvalue weighted by Crippen LogP contribution is -2.27. The second-order valence-corrected chi connectivity index (χ2v) is 5.63. The molecule has 0 fully saturated rings. The van der Waals surface area contributed by atoms with Crippen LogP contribution in [0.4, 0.5) is 0 Å². The van der Waals surface area contributed by atoms with Gasteiger partial charge in [-0.05, 0) is 12.1 Å². The Morgan fingerprint density at radius 3 is 2.56 bits per heavy atom. The van der Waals surface area contributed by atoms with Crippen LogP contribution < -0.4 is 5.32 Å². The van der Waals surface area contributed by atoms with E-state index in [1.807, 2.05) is 36.4 Å². The fourth-order valence-corrected chi connectivity index (χ4v) is 2.50. The van der Waals surface area contributed by atoms with Gasteiger partial charge in [0, 0.05) is 30.3 Å². The molecule has 0 radical (unpaired) electrons. The van der Waals surface area contributed by atoms with Gasteiger partial charge in [0.25, 0.3) is 0 Å². The zero-order valence-electron chi connectivity index (χ0n) is 13.7. The van der Waals surface area contributed by atoms with Crippen molar-refractivity contribution in [2.75, 3.05) is 6.54 Å². The fraction of sp³-hybridized carbons (Fsp3) is 0.150. The number of aromatic hydroxyl groups is 1. The van der Waals surface area contributed by atoms with Gasteiger partial charge < -0.3 is 10.4 Å². The summed E-state index contributed by atoms with van der Waals surface area (Å²) in [5.74, 6) is 0.682. The molecule has 0 aliphatic rings. The van der Waals surface area contributed by atoms with Gasteiger partial charge in [0.05, 0.1) is 12.1 Å². The summed E-state index contributed by atoms with van der Waals surface area (Å²) in [5.41, 5.74) is 2.52. The number of aromatic nitrogens is 2. The Hall–Kier alpha value is -3.21. The van der Waals surface area contributed by atoms with E-state index in [2.05, 4.69) is 15.3 Å². The van der Waals surface area contributed by atoms with Crippen LogP contribution in [0.5, 0.6) is 5.75 Å². The third kappa shape index (κ3) is 4.64. The highest BCUT2D eigenvalue weighted by Gasteiger charge is 2.07. The smallest absolute Gasteiger partial charge is 0.224 e. The molecule has 0 bridgehead atoms. The van der Waals surface area contributed by atoms with E-state index < -0.39 is 0 Å². The number of nitrogens with one attached hydrogen (secondary N) is 1. The number of benzene rings is 2. The van der Waals surface area contributed by atoms with E-state index in [0.717, 1.165) is 11.3 Å². The summed E-state index contributed by atoms with van der Waals surface area (Å²) in [5, 5.41) is 12.5. The number of carbonyl (C=O) groups excluding carboxylic acids is 1. The SMILES string of the molecule is O=C(Cc1ccccc1O)NCCc1nccc(-c2ccccc2)n1. The highest BCUT2D eigenvalue weighted by molar-refractivity contribution is 5.79. The van der Waals surface area contributed by atoms with Crippen LogP contribution in [-0.4, -0.2) is 27.5 Å². The number of nitrogens with zero attached hydrogens (tertiary/aromatic N) is 2. The highest BCUT2D eigenvalue weighted by atomic mass is 16.3. The van der Waals surface area contributed by atoms with Crippen molar-refractivity contribution in [3.63, 3.8) is 0 Å². The van der Waals surface area contributed by atoms with Crippen LogP contribution in [0.1, 0.15) is 11.4 Å². The summed E-state index contributed by atoms with van der Waals surface area (Å²) >= 11 is 0. The van der Waals surface area contributed by atoms with Gasteiger partial charge in [-0.1, -0.05) is 48.5 Å². The van der Waals surface area contributed by atoms with Crippen LogP contribution >= 0.6 is 0 Å². The topological polar surface area (TPSA) is 75.1 Å². The number of hydrogen-bond donors (Lipinski definition) is 2. The van der Waals surface area contributed by atoms with E-state index in [0.29, 0.717) is 24.4 Å². The molecule has 0 spiro atoms. The lowest BCUT2D eigenvalue weighted by Gasteiger charge is -2.07. The van der Waals surface area contributed by atoms with Gasteiger partial charge in [-0.25, -0.2) is 9.97 Å². The molecule has 25 heavy (non-hydrogen) atoms. The maximum absolute atomic E-state index is 12.0. The van der Waals surface area contributed by atoms with Crippen molar-refractivity contribution in [1.29, 1.82) is 0 Å². The quantitative estimate of drug-likeness (QED) is 0.727. The average Bonchev–Trinajstić information content (AvgIpc) is 2.65. The van der Waals surface area contributed by atoms with Crippen LogP contribution in [-0.2, 0) is 17.6 Å². The molecule has 0 saturated carbocycles. The van der Waals surface area contributed by atoms with Gasteiger partial charge in [-0.15, -0.1) is 0 Å². The number of carbonyl (C=O) groups is 1. The number of hydrogen-bond acceptors (Lipinski definition) is 4. The van der Waals surface area contributed by atoms with Crippen molar-refractivity contribution in [3.05, 3.63) is 78.2 Å². The van der Waals surface area contributed by atoms with Crippen LogP contribution in [0, 0.1) is 0 Å². The molecule has 0 unspecified atom stereocenters. The van der Waals surface area contributed by atoms with Crippen molar-refractivity contribution in [2.45, 2.75) is 12.8 Å². The Morgan fingerprint density at radius 1 is 1.00 bits per heavy atom. The second kappa shape index (κ2) is 8.06. The standard InChI is InChI=1S/C20H19N3O2/c24-18-9-5-4-8-16(18)14-20(25)22-13-11-19-21-12-10-17(23-19)15-6-2-1-3-7-15/h1-10,12,24H,11,13-14H2,(H,22,25). The van der Waals surface area contributed by atoms with E-state index in [9.17, 15) is 9.90 Å². The molecule has 1 heterocycles. The fourth-order valence-electron chi connectivity index (χ4n) is 2.50. The zero-order valence-corrected chi connectivity index (χ0v) is 13.7. The normalized spacial score (nSPS) is 10.4. The van der Waals surface area contributed by atoms with Gasteiger partial charge in [0.1, 0.15) is 11.6 Å². The largest absolute Gasteiger partial charge is 0.508 e. The molecule has 0 atom stereocenters. The molecule has 2 N–H and O–H groups in total. The van der Waals surface area contributed by atoms with Crippen molar-refractivity contribution in [2.24, 2.45) is 0 Å². The Bertz CT molecular complexity index is 850. The second-order valence-electron chi connectivity index (χ2n) is 5.63. The molecular formula is C20H19N3O2. The number of phenols is 1. The first kappa shape index (κ1) is 16.6. The maximum atomic E-state index is 12.0. The predicted octanol–water partition coefficient (Wildman–Crippen LogP) is 2.75. The van der Waals surface area contributed by atoms with Crippen molar-refractivity contribution < 1.29 is 9.90 Å². The van der Waals surface area contributed by atoms with Crippen molar-refractivity contribution in [1.82, 2.24) is 15.3 Å². The molecular weight excluding hydrogens is 314 g/mol. The molecule has 3 aromatic rings. The number of amides is 1. The minimum Gasteiger partial charge on any atom is -0.508 e. The predicted molar refractivity (Wildman–Crippen MR) is 96.0 cm³/mol. The lowest BCUT2D eigenvalue weighted by atomic mass is 10.1. The van der Waals surface area contributed by atoms with Crippen molar-refractivity contribution >= 4 is 5.91 Å². The van der Waals surface area contributed by atoms with Crippen LogP contribution in [0.3, 0.4) is 0 Å². The van der Waals surface area contributed by atoms with E-state index >= 15 is 0 Å². The minimum atomic E-state index is -0.138. The van der Waals surface area contributed by atoms with E-state index in [1.54, 1.807) is 30.5 Å². The van der Waals surface area contributed by atoms with E-state index in [1.165, 1.54) is 0 Å². The molecule has 2 aromatic carbocycles. The van der Waals surface area contributed by atoms with Crippen LogP contribution in [0.15, 0.2) is 66.9 Å². The average molecular weight is 333 g/mol. The molecule has 5 nitrogen and oxygen atoms in total. The summed E-state index contributed by atoms with van der Waals surface area (Å²) in [6.07, 6.45) is 2.43. The van der Waals surface area contributed by atoms with E-state index in [-0.39, 0.29) is 18.1 Å². The van der Waals surface area contributed by atoms with Crippen molar-refractivity contribution in [3.8, 4) is 17.0 Å². The number of rotatable bonds is 6. The van der Waals surface area contributed by atoms with Gasteiger partial charge >= 0.3 is 0 Å². The zero-order chi connectivity index (χ0) is 17.5. The third-order valence-electron chi connectivity index (χ3n) is 3.79.